The summed E-state index contributed by atoms with van der Waals surface area (Å²) in [7, 11) is 0. The van der Waals surface area contributed by atoms with Gasteiger partial charge in [-0.2, -0.15) is 0 Å². The number of carbonyl (C=O) groups is 2. The molecule has 0 unspecified atom stereocenters. The van der Waals surface area contributed by atoms with Crippen molar-refractivity contribution >= 4 is 17.5 Å². The van der Waals surface area contributed by atoms with Crippen LogP contribution >= 0.6 is 0 Å². The molecule has 0 saturated heterocycles. The Hall–Kier alpha value is -2.10. The van der Waals surface area contributed by atoms with Gasteiger partial charge in [0.15, 0.2) is 0 Å². The maximum absolute atomic E-state index is 11.1. The second-order valence-electron chi connectivity index (χ2n) is 5.16. The molecule has 1 aromatic carbocycles. The van der Waals surface area contributed by atoms with Crippen LogP contribution in [0.25, 0.3) is 5.57 Å². The van der Waals surface area contributed by atoms with Crippen LogP contribution in [0.5, 0.6) is 0 Å². The zero-order valence-electron chi connectivity index (χ0n) is 11.2. The van der Waals surface area contributed by atoms with Crippen molar-refractivity contribution in [2.75, 3.05) is 0 Å². The van der Waals surface area contributed by atoms with E-state index in [0.717, 1.165) is 6.08 Å². The third-order valence-electron chi connectivity index (χ3n) is 3.80. The highest BCUT2D eigenvalue weighted by Gasteiger charge is 2.17. The molecule has 1 aliphatic carbocycles. The van der Waals surface area contributed by atoms with Crippen molar-refractivity contribution < 1.29 is 19.8 Å². The molecule has 4 nitrogen and oxygen atoms in total. The molecule has 106 valence electrons. The minimum atomic E-state index is -1.25. The summed E-state index contributed by atoms with van der Waals surface area (Å²) in [5.74, 6) is -1.92. The fourth-order valence-electron chi connectivity index (χ4n) is 2.76. The van der Waals surface area contributed by atoms with E-state index in [1.807, 2.05) is 12.1 Å². The van der Waals surface area contributed by atoms with Crippen LogP contribution in [-0.4, -0.2) is 22.2 Å². The van der Waals surface area contributed by atoms with E-state index in [0.29, 0.717) is 11.5 Å². The highest BCUT2D eigenvalue weighted by Crippen LogP contribution is 2.33. The lowest BCUT2D eigenvalue weighted by molar-refractivity contribution is -0.133. The Bertz CT molecular complexity index is 522. The molecule has 0 bridgehead atoms. The van der Waals surface area contributed by atoms with Crippen molar-refractivity contribution in [3.05, 3.63) is 41.5 Å². The van der Waals surface area contributed by atoms with Crippen LogP contribution in [0.1, 0.15) is 49.1 Å². The molecule has 20 heavy (non-hydrogen) atoms. The van der Waals surface area contributed by atoms with Crippen LogP contribution in [0, 0.1) is 0 Å². The summed E-state index contributed by atoms with van der Waals surface area (Å²) in [5.41, 5.74) is 1.46. The van der Waals surface area contributed by atoms with Crippen LogP contribution in [-0.2, 0) is 9.59 Å². The Labute approximate surface area is 117 Å². The fraction of sp³-hybridized carbons (Fsp3) is 0.375. The van der Waals surface area contributed by atoms with Crippen molar-refractivity contribution in [1.82, 2.24) is 0 Å². The van der Waals surface area contributed by atoms with Gasteiger partial charge in [-0.05, 0) is 29.9 Å². The SMILES string of the molecule is O=C(O)/C=C(\C(=O)O)c1ccc(C2CCCCC2)cc1. The molecule has 1 saturated carbocycles. The van der Waals surface area contributed by atoms with Gasteiger partial charge in [-0.25, -0.2) is 9.59 Å². The molecule has 0 aromatic heterocycles. The minimum absolute atomic E-state index is 0.187. The molecular formula is C16H18O4. The van der Waals surface area contributed by atoms with Crippen LogP contribution < -0.4 is 0 Å². The van der Waals surface area contributed by atoms with Gasteiger partial charge in [-0.15, -0.1) is 0 Å². The maximum Gasteiger partial charge on any atom is 0.336 e. The number of rotatable bonds is 4. The number of hydrogen-bond donors (Lipinski definition) is 2. The van der Waals surface area contributed by atoms with E-state index < -0.39 is 11.9 Å². The van der Waals surface area contributed by atoms with Gasteiger partial charge in [0, 0.05) is 6.08 Å². The summed E-state index contributed by atoms with van der Waals surface area (Å²) in [5, 5.41) is 17.8. The molecule has 4 heteroatoms. The second-order valence-corrected chi connectivity index (χ2v) is 5.16. The monoisotopic (exact) mass is 274 g/mol. The van der Waals surface area contributed by atoms with E-state index in [9.17, 15) is 9.59 Å². The molecule has 2 N–H and O–H groups in total. The van der Waals surface area contributed by atoms with E-state index in [1.54, 1.807) is 12.1 Å². The zero-order valence-corrected chi connectivity index (χ0v) is 11.2. The molecule has 1 fully saturated rings. The lowest BCUT2D eigenvalue weighted by Gasteiger charge is -2.22. The van der Waals surface area contributed by atoms with E-state index in [2.05, 4.69) is 0 Å². The minimum Gasteiger partial charge on any atom is -0.478 e. The van der Waals surface area contributed by atoms with Gasteiger partial charge in [0.1, 0.15) is 0 Å². The molecule has 0 aliphatic heterocycles. The second kappa shape index (κ2) is 6.37. The molecule has 0 spiro atoms. The Morgan fingerprint density at radius 1 is 1.00 bits per heavy atom. The highest BCUT2D eigenvalue weighted by atomic mass is 16.4. The van der Waals surface area contributed by atoms with Crippen molar-refractivity contribution in [3.8, 4) is 0 Å². The highest BCUT2D eigenvalue weighted by molar-refractivity contribution is 6.19. The number of hydrogen-bond acceptors (Lipinski definition) is 2. The predicted octanol–water partition coefficient (Wildman–Crippen LogP) is 3.29. The Morgan fingerprint density at radius 2 is 1.60 bits per heavy atom. The standard InChI is InChI=1S/C16H18O4/c17-15(18)10-14(16(19)20)13-8-6-12(7-9-13)11-4-2-1-3-5-11/h6-11H,1-5H2,(H,17,18)(H,19,20)/b14-10-. The quantitative estimate of drug-likeness (QED) is 0.826. The summed E-state index contributed by atoms with van der Waals surface area (Å²) < 4.78 is 0. The molecule has 0 amide bonds. The van der Waals surface area contributed by atoms with Crippen molar-refractivity contribution in [3.63, 3.8) is 0 Å². The first-order valence-corrected chi connectivity index (χ1v) is 6.86. The first-order valence-electron chi connectivity index (χ1n) is 6.86. The van der Waals surface area contributed by atoms with Crippen LogP contribution in [0.4, 0.5) is 0 Å². The Morgan fingerprint density at radius 3 is 2.10 bits per heavy atom. The first-order chi connectivity index (χ1) is 9.58. The van der Waals surface area contributed by atoms with Gasteiger partial charge in [0.25, 0.3) is 0 Å². The molecule has 0 radical (unpaired) electrons. The number of benzene rings is 1. The third-order valence-corrected chi connectivity index (χ3v) is 3.80. The van der Waals surface area contributed by atoms with Gasteiger partial charge >= 0.3 is 11.9 Å². The summed E-state index contributed by atoms with van der Waals surface area (Å²) in [4.78, 5) is 21.8. The van der Waals surface area contributed by atoms with E-state index >= 15 is 0 Å². The van der Waals surface area contributed by atoms with Gasteiger partial charge in [-0.3, -0.25) is 0 Å². The van der Waals surface area contributed by atoms with E-state index in [1.165, 1.54) is 37.7 Å². The van der Waals surface area contributed by atoms with Gasteiger partial charge in [0.05, 0.1) is 5.57 Å². The van der Waals surface area contributed by atoms with Crippen molar-refractivity contribution in [2.24, 2.45) is 0 Å². The van der Waals surface area contributed by atoms with Crippen LogP contribution in [0.3, 0.4) is 0 Å². The summed E-state index contributed by atoms with van der Waals surface area (Å²) >= 11 is 0. The molecule has 1 aliphatic rings. The first kappa shape index (κ1) is 14.3. The summed E-state index contributed by atoms with van der Waals surface area (Å²) in [6.07, 6.45) is 6.86. The molecule has 1 aromatic rings. The number of aliphatic carboxylic acids is 2. The number of carboxylic acid groups (broad SMARTS) is 2. The van der Waals surface area contributed by atoms with Gasteiger partial charge in [-0.1, -0.05) is 43.5 Å². The fourth-order valence-corrected chi connectivity index (χ4v) is 2.76. The predicted molar refractivity (Wildman–Crippen MR) is 75.5 cm³/mol. The normalized spacial score (nSPS) is 16.9. The summed E-state index contributed by atoms with van der Waals surface area (Å²) in [6.45, 7) is 0. The van der Waals surface area contributed by atoms with Crippen LogP contribution in [0.2, 0.25) is 0 Å². The van der Waals surface area contributed by atoms with Crippen LogP contribution in [0.15, 0.2) is 30.3 Å². The van der Waals surface area contributed by atoms with Crippen molar-refractivity contribution in [1.29, 1.82) is 0 Å². The van der Waals surface area contributed by atoms with Gasteiger partial charge in [0.2, 0.25) is 0 Å². The smallest absolute Gasteiger partial charge is 0.336 e. The van der Waals surface area contributed by atoms with E-state index in [4.69, 9.17) is 10.2 Å². The largest absolute Gasteiger partial charge is 0.478 e. The Balaban J connectivity index is 2.22. The number of carboxylic acids is 2. The average Bonchev–Trinajstić information content (AvgIpc) is 2.45. The van der Waals surface area contributed by atoms with Crippen molar-refractivity contribution in [2.45, 2.75) is 38.0 Å². The molecule has 0 atom stereocenters. The molecule has 2 rings (SSSR count). The zero-order chi connectivity index (χ0) is 14.5. The molecular weight excluding hydrogens is 256 g/mol. The molecule has 0 heterocycles. The lowest BCUT2D eigenvalue weighted by Crippen LogP contribution is -2.06. The average molecular weight is 274 g/mol. The maximum atomic E-state index is 11.1. The third kappa shape index (κ3) is 3.47. The van der Waals surface area contributed by atoms with Gasteiger partial charge < -0.3 is 10.2 Å². The Kier molecular flexibility index (Phi) is 4.56. The van der Waals surface area contributed by atoms with E-state index in [-0.39, 0.29) is 5.57 Å². The topological polar surface area (TPSA) is 74.6 Å². The lowest BCUT2D eigenvalue weighted by atomic mass is 9.83. The summed E-state index contributed by atoms with van der Waals surface area (Å²) in [6, 6.07) is 7.24.